The van der Waals surface area contributed by atoms with E-state index >= 15 is 0 Å². The van der Waals surface area contributed by atoms with Crippen LogP contribution in [0.2, 0.25) is 0 Å². The van der Waals surface area contributed by atoms with Gasteiger partial charge in [0.15, 0.2) is 12.4 Å². The summed E-state index contributed by atoms with van der Waals surface area (Å²) in [7, 11) is 0. The van der Waals surface area contributed by atoms with Crippen LogP contribution in [0.4, 0.5) is 0 Å². The Balaban J connectivity index is 1.62. The summed E-state index contributed by atoms with van der Waals surface area (Å²) in [6.45, 7) is 3.51. The van der Waals surface area contributed by atoms with E-state index < -0.39 is 5.97 Å². The fourth-order valence-corrected chi connectivity index (χ4v) is 3.31. The number of nitrogens with zero attached hydrogens (tertiary/aromatic N) is 1. The van der Waals surface area contributed by atoms with Crippen LogP contribution >= 0.6 is 0 Å². The smallest absolute Gasteiger partial charge is 0.339 e. The van der Waals surface area contributed by atoms with Gasteiger partial charge in [0.05, 0.1) is 17.3 Å². The quantitative estimate of drug-likeness (QED) is 0.351. The molecule has 0 spiro atoms. The minimum atomic E-state index is -0.575. The third-order valence-electron chi connectivity index (χ3n) is 4.73. The highest BCUT2D eigenvalue weighted by molar-refractivity contribution is 6.06. The van der Waals surface area contributed by atoms with Crippen LogP contribution in [-0.2, 0) is 4.74 Å². The highest BCUT2D eigenvalue weighted by Gasteiger charge is 2.18. The topological polar surface area (TPSA) is 69.4 Å². The highest BCUT2D eigenvalue weighted by atomic mass is 16.5. The maximum atomic E-state index is 12.8. The van der Waals surface area contributed by atoms with E-state index in [1.807, 2.05) is 44.2 Å². The van der Waals surface area contributed by atoms with Crippen molar-refractivity contribution in [2.75, 3.05) is 6.61 Å². The Morgan fingerprint density at radius 2 is 1.79 bits per heavy atom. The van der Waals surface area contributed by atoms with Crippen LogP contribution in [0, 0.1) is 13.8 Å². The Kier molecular flexibility index (Phi) is 4.96. The number of para-hydroxylation sites is 1. The molecule has 0 radical (unpaired) electrons. The summed E-state index contributed by atoms with van der Waals surface area (Å²) in [5, 5.41) is 0.659. The number of furan rings is 1. The van der Waals surface area contributed by atoms with Gasteiger partial charge in [-0.2, -0.15) is 0 Å². The lowest BCUT2D eigenvalue weighted by Crippen LogP contribution is -2.15. The molecule has 0 aliphatic carbocycles. The predicted molar refractivity (Wildman–Crippen MR) is 110 cm³/mol. The van der Waals surface area contributed by atoms with Gasteiger partial charge in [-0.3, -0.25) is 4.79 Å². The van der Waals surface area contributed by atoms with E-state index in [-0.39, 0.29) is 12.4 Å². The normalized spacial score (nSPS) is 10.8. The minimum absolute atomic E-state index is 0.236. The fraction of sp³-hybridized carbons (Fsp3) is 0.125. The number of rotatable bonds is 5. The van der Waals surface area contributed by atoms with Crippen molar-refractivity contribution in [3.8, 4) is 11.5 Å². The Morgan fingerprint density at radius 3 is 2.55 bits per heavy atom. The summed E-state index contributed by atoms with van der Waals surface area (Å²) >= 11 is 0. The molecule has 2 aromatic heterocycles. The first-order chi connectivity index (χ1) is 14.0. The number of aromatic nitrogens is 1. The molecule has 144 valence electrons. The molecular formula is C24H19NO4. The van der Waals surface area contributed by atoms with E-state index in [0.717, 1.165) is 11.1 Å². The number of carbonyl (C=O) groups is 2. The Morgan fingerprint density at radius 1 is 0.966 bits per heavy atom. The number of aryl methyl sites for hydroxylation is 2. The van der Waals surface area contributed by atoms with Gasteiger partial charge < -0.3 is 9.15 Å². The second-order valence-electron chi connectivity index (χ2n) is 6.87. The number of hydrogen-bond donors (Lipinski definition) is 0. The summed E-state index contributed by atoms with van der Waals surface area (Å²) in [5.41, 5.74) is 4.01. The molecule has 0 aliphatic heterocycles. The summed E-state index contributed by atoms with van der Waals surface area (Å²) in [6.07, 6.45) is 1.55. The van der Waals surface area contributed by atoms with Crippen LogP contribution < -0.4 is 0 Å². The van der Waals surface area contributed by atoms with Gasteiger partial charge >= 0.3 is 5.97 Å². The van der Waals surface area contributed by atoms with Crippen molar-refractivity contribution < 1.29 is 18.7 Å². The van der Waals surface area contributed by atoms with Crippen molar-refractivity contribution in [3.63, 3.8) is 0 Å². The van der Waals surface area contributed by atoms with Crippen LogP contribution in [0.5, 0.6) is 0 Å². The molecule has 29 heavy (non-hydrogen) atoms. The predicted octanol–water partition coefficient (Wildman–Crippen LogP) is 5.15. The Hall–Kier alpha value is -3.73. The molecule has 5 nitrogen and oxygen atoms in total. The molecule has 4 aromatic rings. The van der Waals surface area contributed by atoms with E-state index in [9.17, 15) is 9.59 Å². The lowest BCUT2D eigenvalue weighted by molar-refractivity contribution is 0.0476. The highest BCUT2D eigenvalue weighted by Crippen LogP contribution is 2.25. The minimum Gasteiger partial charge on any atom is -0.463 e. The van der Waals surface area contributed by atoms with Gasteiger partial charge in [0.25, 0.3) is 0 Å². The molecule has 0 N–H and O–H groups in total. The molecule has 0 fully saturated rings. The first-order valence-corrected chi connectivity index (χ1v) is 9.24. The van der Waals surface area contributed by atoms with E-state index in [2.05, 4.69) is 4.98 Å². The van der Waals surface area contributed by atoms with E-state index in [1.165, 1.54) is 0 Å². The van der Waals surface area contributed by atoms with E-state index in [0.29, 0.717) is 33.5 Å². The molecule has 0 atom stereocenters. The number of carbonyl (C=O) groups excluding carboxylic acids is 2. The van der Waals surface area contributed by atoms with Crippen LogP contribution in [0.15, 0.2) is 71.3 Å². The van der Waals surface area contributed by atoms with Gasteiger partial charge in [-0.25, -0.2) is 9.78 Å². The molecule has 2 heterocycles. The zero-order valence-corrected chi connectivity index (χ0v) is 16.1. The molecule has 0 saturated heterocycles. The second-order valence-corrected chi connectivity index (χ2v) is 6.87. The third kappa shape index (κ3) is 3.80. The average molecular weight is 385 g/mol. The van der Waals surface area contributed by atoms with Gasteiger partial charge in [0, 0.05) is 10.9 Å². The number of Topliss-reactive ketones (excluding diaryl/α,β-unsaturated/α-hetero) is 1. The number of fused-ring (bicyclic) bond motifs is 1. The lowest BCUT2D eigenvalue weighted by Gasteiger charge is -2.10. The summed E-state index contributed by atoms with van der Waals surface area (Å²) in [4.78, 5) is 29.9. The lowest BCUT2D eigenvalue weighted by atomic mass is 10.0. The zero-order chi connectivity index (χ0) is 20.4. The molecular weight excluding hydrogens is 366 g/mol. The number of ether oxygens (including phenoxy) is 1. The summed E-state index contributed by atoms with van der Waals surface area (Å²) < 4.78 is 10.8. The third-order valence-corrected chi connectivity index (χ3v) is 4.73. The fourth-order valence-electron chi connectivity index (χ4n) is 3.31. The first kappa shape index (κ1) is 18.6. The monoisotopic (exact) mass is 385 g/mol. The molecule has 0 aliphatic rings. The van der Waals surface area contributed by atoms with Gasteiger partial charge in [-0.1, -0.05) is 42.0 Å². The van der Waals surface area contributed by atoms with Crippen molar-refractivity contribution >= 4 is 22.7 Å². The van der Waals surface area contributed by atoms with Crippen molar-refractivity contribution in [1.29, 1.82) is 0 Å². The van der Waals surface area contributed by atoms with Gasteiger partial charge in [0.2, 0.25) is 5.78 Å². The zero-order valence-electron chi connectivity index (χ0n) is 16.1. The maximum absolute atomic E-state index is 12.8. The van der Waals surface area contributed by atoms with Gasteiger partial charge in [-0.15, -0.1) is 0 Å². The summed E-state index contributed by atoms with van der Waals surface area (Å²) in [5.74, 6) is -0.258. The first-order valence-electron chi connectivity index (χ1n) is 9.24. The number of ketones is 1. The largest absolute Gasteiger partial charge is 0.463 e. The van der Waals surface area contributed by atoms with Crippen LogP contribution in [0.3, 0.4) is 0 Å². The molecule has 0 unspecified atom stereocenters. The van der Waals surface area contributed by atoms with Crippen LogP contribution in [-0.4, -0.2) is 23.3 Å². The number of benzene rings is 2. The van der Waals surface area contributed by atoms with Gasteiger partial charge in [-0.05, 0) is 43.7 Å². The van der Waals surface area contributed by atoms with Crippen molar-refractivity contribution in [2.45, 2.75) is 13.8 Å². The molecule has 4 rings (SSSR count). The molecule has 2 aromatic carbocycles. The number of pyridine rings is 1. The van der Waals surface area contributed by atoms with Crippen molar-refractivity contribution in [2.24, 2.45) is 0 Å². The van der Waals surface area contributed by atoms with Crippen molar-refractivity contribution in [3.05, 3.63) is 89.2 Å². The van der Waals surface area contributed by atoms with Gasteiger partial charge in [0.1, 0.15) is 5.69 Å². The van der Waals surface area contributed by atoms with Crippen LogP contribution in [0.1, 0.15) is 31.8 Å². The molecule has 0 bridgehead atoms. The molecule has 0 amide bonds. The van der Waals surface area contributed by atoms with E-state index in [1.54, 1.807) is 36.6 Å². The van der Waals surface area contributed by atoms with Crippen LogP contribution in [0.25, 0.3) is 22.4 Å². The standard InChI is InChI=1S/C24H19NO4/c1-15-9-10-17(16(2)12-15)22(26)14-29-24(27)19-13-21(23-8-5-11-28-23)25-20-7-4-3-6-18(19)20/h3-13H,14H2,1-2H3. The Labute approximate surface area is 168 Å². The SMILES string of the molecule is Cc1ccc(C(=O)COC(=O)c2cc(-c3ccco3)nc3ccccc23)c(C)c1. The number of hydrogen-bond acceptors (Lipinski definition) is 5. The molecule has 0 saturated carbocycles. The Bertz CT molecular complexity index is 1210. The van der Waals surface area contributed by atoms with E-state index in [4.69, 9.17) is 9.15 Å². The number of esters is 1. The van der Waals surface area contributed by atoms with Crippen molar-refractivity contribution in [1.82, 2.24) is 4.98 Å². The summed E-state index contributed by atoms with van der Waals surface area (Å²) in [6, 6.07) is 18.0. The maximum Gasteiger partial charge on any atom is 0.339 e. The second kappa shape index (κ2) is 7.72. The average Bonchev–Trinajstić information content (AvgIpc) is 3.26. The molecule has 5 heteroatoms.